The molecule has 0 bridgehead atoms. The van der Waals surface area contributed by atoms with E-state index in [9.17, 15) is 8.42 Å². The van der Waals surface area contributed by atoms with Crippen molar-refractivity contribution in [3.8, 4) is 21.0 Å². The molecule has 0 aliphatic carbocycles. The van der Waals surface area contributed by atoms with Crippen LogP contribution < -0.4 is 4.57 Å². The molecule has 0 saturated carbocycles. The fraction of sp³-hybridized carbons (Fsp3) is 0.263. The zero-order valence-electron chi connectivity index (χ0n) is 14.7. The minimum Gasteiger partial charge on any atom is -0.286 e. The fourth-order valence-electron chi connectivity index (χ4n) is 2.61. The highest BCUT2D eigenvalue weighted by Crippen LogP contribution is 2.32. The number of hydrogen-bond donors (Lipinski definition) is 1. The van der Waals surface area contributed by atoms with Crippen LogP contribution in [-0.2, 0) is 16.7 Å². The van der Waals surface area contributed by atoms with Gasteiger partial charge in [-0.05, 0) is 30.5 Å². The minimum atomic E-state index is -3.90. The second-order valence-corrected chi connectivity index (χ2v) is 8.90. The van der Waals surface area contributed by atoms with E-state index in [4.69, 9.17) is 4.55 Å². The molecule has 0 unspecified atom stereocenters. The van der Waals surface area contributed by atoms with Crippen LogP contribution in [0, 0.1) is 13.8 Å². The van der Waals surface area contributed by atoms with Gasteiger partial charge >= 0.3 is 0 Å². The van der Waals surface area contributed by atoms with E-state index in [1.54, 1.807) is 11.3 Å². The van der Waals surface area contributed by atoms with Crippen LogP contribution in [0.25, 0.3) is 21.0 Å². The van der Waals surface area contributed by atoms with Crippen molar-refractivity contribution < 1.29 is 17.5 Å². The van der Waals surface area contributed by atoms with Crippen molar-refractivity contribution in [2.75, 3.05) is 5.75 Å². The van der Waals surface area contributed by atoms with E-state index in [0.717, 1.165) is 15.4 Å². The molecule has 1 aromatic carbocycles. The molecule has 0 spiro atoms. The SMILES string of the molecule is Cc1ccc(-c2cnc(-c3cc[n+](CCCS(=O)(=O)O)cc3)s2)cc1C. The molecule has 136 valence electrons. The minimum absolute atomic E-state index is 0.229. The van der Waals surface area contributed by atoms with Gasteiger partial charge in [0.15, 0.2) is 12.4 Å². The predicted molar refractivity (Wildman–Crippen MR) is 104 cm³/mol. The second kappa shape index (κ2) is 7.65. The molecule has 0 fully saturated rings. The molecule has 26 heavy (non-hydrogen) atoms. The maximum atomic E-state index is 10.8. The summed E-state index contributed by atoms with van der Waals surface area (Å²) in [6.07, 6.45) is 6.07. The first kappa shape index (κ1) is 18.7. The van der Waals surface area contributed by atoms with Gasteiger partial charge in [-0.25, -0.2) is 9.55 Å². The number of benzene rings is 1. The fourth-order valence-corrected chi connectivity index (χ4v) is 4.03. The zero-order chi connectivity index (χ0) is 18.7. The van der Waals surface area contributed by atoms with E-state index in [-0.39, 0.29) is 5.75 Å². The Morgan fingerprint density at radius 3 is 2.46 bits per heavy atom. The first-order valence-electron chi connectivity index (χ1n) is 8.30. The molecule has 0 radical (unpaired) electrons. The molecule has 1 N–H and O–H groups in total. The molecule has 7 heteroatoms. The predicted octanol–water partition coefficient (Wildman–Crippen LogP) is 3.66. The van der Waals surface area contributed by atoms with Gasteiger partial charge in [0.05, 0.1) is 10.6 Å². The molecule has 0 aliphatic heterocycles. The van der Waals surface area contributed by atoms with Crippen molar-refractivity contribution >= 4 is 21.5 Å². The molecular weight excluding hydrogens is 368 g/mol. The van der Waals surface area contributed by atoms with Crippen molar-refractivity contribution in [2.45, 2.75) is 26.8 Å². The summed E-state index contributed by atoms with van der Waals surface area (Å²) in [5, 5.41) is 0.948. The van der Waals surface area contributed by atoms with Crippen LogP contribution in [-0.4, -0.2) is 23.7 Å². The Hall–Kier alpha value is -2.09. The zero-order valence-corrected chi connectivity index (χ0v) is 16.3. The van der Waals surface area contributed by atoms with Gasteiger partial charge in [-0.2, -0.15) is 8.42 Å². The number of thiazole rings is 1. The second-order valence-electron chi connectivity index (χ2n) is 6.29. The van der Waals surface area contributed by atoms with Gasteiger partial charge < -0.3 is 0 Å². The monoisotopic (exact) mass is 389 g/mol. The normalized spacial score (nSPS) is 11.7. The van der Waals surface area contributed by atoms with Gasteiger partial charge in [-0.3, -0.25) is 4.55 Å². The van der Waals surface area contributed by atoms with Gasteiger partial charge in [0, 0.05) is 30.3 Å². The Balaban J connectivity index is 1.72. The highest BCUT2D eigenvalue weighted by Gasteiger charge is 2.11. The third kappa shape index (κ3) is 4.75. The van der Waals surface area contributed by atoms with Crippen molar-refractivity contribution in [3.05, 3.63) is 60.0 Å². The Labute approximate surface area is 157 Å². The quantitative estimate of drug-likeness (QED) is 0.516. The molecule has 2 aromatic heterocycles. The van der Waals surface area contributed by atoms with Gasteiger partial charge in [0.2, 0.25) is 0 Å². The molecule has 3 rings (SSSR count). The number of aryl methyl sites for hydroxylation is 3. The van der Waals surface area contributed by atoms with E-state index in [0.29, 0.717) is 13.0 Å². The average molecular weight is 390 g/mol. The average Bonchev–Trinajstić information content (AvgIpc) is 3.07. The van der Waals surface area contributed by atoms with E-state index in [2.05, 4.69) is 37.0 Å². The van der Waals surface area contributed by atoms with Gasteiger partial charge in [0.25, 0.3) is 10.1 Å². The van der Waals surface area contributed by atoms with Gasteiger partial charge in [0.1, 0.15) is 11.6 Å². The smallest absolute Gasteiger partial charge is 0.265 e. The molecule has 0 aliphatic rings. The molecule has 3 aromatic rings. The Morgan fingerprint density at radius 2 is 1.81 bits per heavy atom. The maximum absolute atomic E-state index is 10.8. The molecular formula is C19H21N2O3S2+. The van der Waals surface area contributed by atoms with Crippen LogP contribution in [0.15, 0.2) is 48.9 Å². The van der Waals surface area contributed by atoms with Crippen molar-refractivity contribution in [3.63, 3.8) is 0 Å². The number of rotatable bonds is 6. The van der Waals surface area contributed by atoms with E-state index >= 15 is 0 Å². The number of aromatic nitrogens is 2. The van der Waals surface area contributed by atoms with Crippen molar-refractivity contribution in [1.82, 2.24) is 4.98 Å². The lowest BCUT2D eigenvalue weighted by Gasteiger charge is -2.02. The van der Waals surface area contributed by atoms with Crippen LogP contribution in [0.5, 0.6) is 0 Å². The van der Waals surface area contributed by atoms with E-state index in [1.807, 2.05) is 35.3 Å². The number of pyridine rings is 1. The standard InChI is InChI=1S/C19H20N2O3S2/c1-14-4-5-17(12-15(14)2)18-13-20-19(25-18)16-6-9-21(10-7-16)8-3-11-26(22,23)24/h4-7,9-10,12-13H,3,8,11H2,1-2H3/p+1. The summed E-state index contributed by atoms with van der Waals surface area (Å²) in [6.45, 7) is 4.75. The summed E-state index contributed by atoms with van der Waals surface area (Å²) >= 11 is 1.65. The maximum Gasteiger partial charge on any atom is 0.265 e. The Kier molecular flexibility index (Phi) is 5.50. The lowest BCUT2D eigenvalue weighted by molar-refractivity contribution is -0.696. The summed E-state index contributed by atoms with van der Waals surface area (Å²) in [5.74, 6) is -0.229. The topological polar surface area (TPSA) is 71.1 Å². The highest BCUT2D eigenvalue weighted by molar-refractivity contribution is 7.85. The number of hydrogen-bond acceptors (Lipinski definition) is 4. The lowest BCUT2D eigenvalue weighted by Crippen LogP contribution is -2.33. The van der Waals surface area contributed by atoms with Crippen LogP contribution in [0.1, 0.15) is 17.5 Å². The summed E-state index contributed by atoms with van der Waals surface area (Å²) in [5.41, 5.74) is 4.74. The Morgan fingerprint density at radius 1 is 1.08 bits per heavy atom. The van der Waals surface area contributed by atoms with Crippen molar-refractivity contribution in [2.24, 2.45) is 0 Å². The molecule has 2 heterocycles. The molecule has 5 nitrogen and oxygen atoms in total. The van der Waals surface area contributed by atoms with Crippen molar-refractivity contribution in [1.29, 1.82) is 0 Å². The summed E-state index contributed by atoms with van der Waals surface area (Å²) in [4.78, 5) is 5.67. The van der Waals surface area contributed by atoms with Crippen LogP contribution in [0.2, 0.25) is 0 Å². The molecule has 0 atom stereocenters. The van der Waals surface area contributed by atoms with Crippen LogP contribution in [0.3, 0.4) is 0 Å². The highest BCUT2D eigenvalue weighted by atomic mass is 32.2. The third-order valence-electron chi connectivity index (χ3n) is 4.25. The summed E-state index contributed by atoms with van der Waals surface area (Å²) in [6, 6.07) is 10.4. The molecule has 0 saturated heterocycles. The largest absolute Gasteiger partial charge is 0.286 e. The first-order chi connectivity index (χ1) is 12.3. The summed E-state index contributed by atoms with van der Waals surface area (Å²) in [7, 11) is -3.90. The Bertz CT molecular complexity index is 1010. The first-order valence-corrected chi connectivity index (χ1v) is 10.7. The number of nitrogens with zero attached hydrogens (tertiary/aromatic N) is 2. The summed E-state index contributed by atoms with van der Waals surface area (Å²) < 4.78 is 32.2. The third-order valence-corrected chi connectivity index (χ3v) is 6.15. The van der Waals surface area contributed by atoms with E-state index in [1.165, 1.54) is 16.7 Å². The van der Waals surface area contributed by atoms with Gasteiger partial charge in [-0.1, -0.05) is 18.2 Å². The van der Waals surface area contributed by atoms with Crippen LogP contribution >= 0.6 is 11.3 Å². The molecule has 0 amide bonds. The van der Waals surface area contributed by atoms with E-state index < -0.39 is 10.1 Å². The van der Waals surface area contributed by atoms with Crippen LogP contribution in [0.4, 0.5) is 0 Å². The van der Waals surface area contributed by atoms with Gasteiger partial charge in [-0.15, -0.1) is 11.3 Å². The lowest BCUT2D eigenvalue weighted by atomic mass is 10.1.